The number of amides is 1. The molecule has 0 radical (unpaired) electrons. The third-order valence-electron chi connectivity index (χ3n) is 6.03. The van der Waals surface area contributed by atoms with Crippen molar-refractivity contribution in [1.82, 2.24) is 24.9 Å². The summed E-state index contributed by atoms with van der Waals surface area (Å²) in [5.41, 5.74) is 3.51. The zero-order chi connectivity index (χ0) is 22.1. The van der Waals surface area contributed by atoms with Crippen LogP contribution in [0.1, 0.15) is 16.9 Å². The lowest BCUT2D eigenvalue weighted by atomic mass is 10.1. The third-order valence-corrected chi connectivity index (χ3v) is 6.03. The molecular formula is C24H26N6O2. The van der Waals surface area contributed by atoms with Crippen LogP contribution in [-0.4, -0.2) is 64.1 Å². The molecule has 0 saturated carbocycles. The fraction of sp³-hybridized carbons (Fsp3) is 0.292. The molecule has 1 N–H and O–H groups in total. The molecule has 1 aliphatic rings. The van der Waals surface area contributed by atoms with E-state index in [1.54, 1.807) is 11.8 Å². The van der Waals surface area contributed by atoms with Gasteiger partial charge in [0.2, 0.25) is 0 Å². The predicted molar refractivity (Wildman–Crippen MR) is 124 cm³/mol. The summed E-state index contributed by atoms with van der Waals surface area (Å²) in [6.07, 6.45) is 0.876. The summed E-state index contributed by atoms with van der Waals surface area (Å²) >= 11 is 0. The lowest BCUT2D eigenvalue weighted by molar-refractivity contribution is 0.0762. The largest absolute Gasteiger partial charge is 0.497 e. The van der Waals surface area contributed by atoms with Crippen LogP contribution in [0.2, 0.25) is 0 Å². The Morgan fingerprint density at radius 3 is 2.66 bits per heavy atom. The maximum atomic E-state index is 13.3. The van der Waals surface area contributed by atoms with Gasteiger partial charge in [0, 0.05) is 44.7 Å². The molecule has 32 heavy (non-hydrogen) atoms. The number of anilines is 1. The lowest BCUT2D eigenvalue weighted by Gasteiger charge is -2.21. The molecule has 1 saturated heterocycles. The number of methoxy groups -OCH3 is 1. The number of benzene rings is 2. The van der Waals surface area contributed by atoms with E-state index in [1.165, 1.54) is 0 Å². The van der Waals surface area contributed by atoms with Crippen molar-refractivity contribution >= 4 is 22.6 Å². The van der Waals surface area contributed by atoms with Gasteiger partial charge in [0.1, 0.15) is 5.75 Å². The molecule has 5 rings (SSSR count). The molecule has 0 bridgehead atoms. The number of H-pyrrole nitrogens is 1. The molecule has 0 aliphatic carbocycles. The SMILES string of the molecule is COc1ccc(-c2cc(N3CCCN(C(=O)c4nn(C)c5ccccc45)CC3)n[nH]2)cc1. The molecule has 4 aromatic rings. The van der Waals surface area contributed by atoms with E-state index in [-0.39, 0.29) is 5.91 Å². The number of nitrogens with one attached hydrogen (secondary N) is 1. The topological polar surface area (TPSA) is 79.3 Å². The van der Waals surface area contributed by atoms with Crippen LogP contribution >= 0.6 is 0 Å². The van der Waals surface area contributed by atoms with Gasteiger partial charge in [-0.05, 0) is 42.3 Å². The van der Waals surface area contributed by atoms with Crippen molar-refractivity contribution in [3.05, 3.63) is 60.3 Å². The van der Waals surface area contributed by atoms with Crippen LogP contribution in [0.4, 0.5) is 5.82 Å². The van der Waals surface area contributed by atoms with Crippen LogP contribution in [0.3, 0.4) is 0 Å². The maximum absolute atomic E-state index is 13.3. The standard InChI is InChI=1S/C24H26N6O2/c1-28-21-7-4-3-6-19(21)23(27-28)24(31)30-13-5-12-29(14-15-30)22-16-20(25-26-22)17-8-10-18(32-2)11-9-17/h3-4,6-11,16H,5,12-15H2,1-2H3,(H,25,26). The summed E-state index contributed by atoms with van der Waals surface area (Å²) in [5, 5.41) is 13.1. The molecule has 2 aromatic heterocycles. The van der Waals surface area contributed by atoms with Crippen molar-refractivity contribution < 1.29 is 9.53 Å². The molecule has 1 aliphatic heterocycles. The van der Waals surface area contributed by atoms with Crippen LogP contribution < -0.4 is 9.64 Å². The highest BCUT2D eigenvalue weighted by molar-refractivity contribution is 6.04. The minimum atomic E-state index is -0.00963. The Hall–Kier alpha value is -3.81. The van der Waals surface area contributed by atoms with Crippen LogP contribution in [-0.2, 0) is 7.05 Å². The zero-order valence-electron chi connectivity index (χ0n) is 18.3. The summed E-state index contributed by atoms with van der Waals surface area (Å²) in [5.74, 6) is 1.71. The molecule has 1 fully saturated rings. The quantitative estimate of drug-likeness (QED) is 0.537. The number of para-hydroxylation sites is 1. The first-order chi connectivity index (χ1) is 15.6. The molecule has 164 valence electrons. The zero-order valence-corrected chi connectivity index (χ0v) is 18.3. The van der Waals surface area contributed by atoms with E-state index in [9.17, 15) is 4.79 Å². The van der Waals surface area contributed by atoms with Crippen molar-refractivity contribution in [1.29, 1.82) is 0 Å². The van der Waals surface area contributed by atoms with E-state index in [4.69, 9.17) is 4.74 Å². The summed E-state index contributed by atoms with van der Waals surface area (Å²) in [6, 6.07) is 17.8. The van der Waals surface area contributed by atoms with Gasteiger partial charge in [0.25, 0.3) is 5.91 Å². The average molecular weight is 431 g/mol. The van der Waals surface area contributed by atoms with Gasteiger partial charge in [-0.25, -0.2) is 0 Å². The molecule has 0 spiro atoms. The Labute approximate surface area is 186 Å². The second-order valence-electron chi connectivity index (χ2n) is 7.99. The van der Waals surface area contributed by atoms with Crippen LogP contribution in [0.15, 0.2) is 54.6 Å². The van der Waals surface area contributed by atoms with Crippen molar-refractivity contribution in [2.45, 2.75) is 6.42 Å². The van der Waals surface area contributed by atoms with E-state index in [2.05, 4.69) is 26.3 Å². The number of aromatic amines is 1. The van der Waals surface area contributed by atoms with Gasteiger partial charge in [-0.3, -0.25) is 14.6 Å². The van der Waals surface area contributed by atoms with Crippen molar-refractivity contribution in [2.75, 3.05) is 38.2 Å². The van der Waals surface area contributed by atoms with Gasteiger partial charge in [-0.1, -0.05) is 18.2 Å². The van der Waals surface area contributed by atoms with Gasteiger partial charge in [-0.2, -0.15) is 10.2 Å². The second kappa shape index (κ2) is 8.37. The Bertz CT molecular complexity index is 1240. The highest BCUT2D eigenvalue weighted by Gasteiger charge is 2.25. The highest BCUT2D eigenvalue weighted by Crippen LogP contribution is 2.25. The smallest absolute Gasteiger partial charge is 0.275 e. The van der Waals surface area contributed by atoms with Crippen LogP contribution in [0.5, 0.6) is 5.75 Å². The molecule has 0 unspecified atom stereocenters. The fourth-order valence-corrected chi connectivity index (χ4v) is 4.26. The predicted octanol–water partition coefficient (Wildman–Crippen LogP) is 3.32. The lowest BCUT2D eigenvalue weighted by Crippen LogP contribution is -2.35. The Morgan fingerprint density at radius 2 is 1.84 bits per heavy atom. The first-order valence-electron chi connectivity index (χ1n) is 10.8. The summed E-state index contributed by atoms with van der Waals surface area (Å²) in [4.78, 5) is 17.4. The van der Waals surface area contributed by atoms with Gasteiger partial charge in [0.15, 0.2) is 11.5 Å². The number of hydrogen-bond acceptors (Lipinski definition) is 5. The van der Waals surface area contributed by atoms with Crippen LogP contribution in [0.25, 0.3) is 22.2 Å². The van der Waals surface area contributed by atoms with E-state index in [1.807, 2.05) is 60.5 Å². The van der Waals surface area contributed by atoms with E-state index in [0.29, 0.717) is 18.8 Å². The number of carbonyl (C=O) groups is 1. The number of rotatable bonds is 4. The summed E-state index contributed by atoms with van der Waals surface area (Å²) < 4.78 is 7.01. The number of aromatic nitrogens is 4. The molecular weight excluding hydrogens is 404 g/mol. The number of carbonyl (C=O) groups excluding carboxylic acids is 1. The first kappa shape index (κ1) is 20.1. The minimum absolute atomic E-state index is 0.00963. The second-order valence-corrected chi connectivity index (χ2v) is 7.99. The average Bonchev–Trinajstić information content (AvgIpc) is 3.36. The normalized spacial score (nSPS) is 14.6. The van der Waals surface area contributed by atoms with E-state index >= 15 is 0 Å². The highest BCUT2D eigenvalue weighted by atomic mass is 16.5. The first-order valence-corrected chi connectivity index (χ1v) is 10.8. The molecule has 8 nitrogen and oxygen atoms in total. The fourth-order valence-electron chi connectivity index (χ4n) is 4.26. The van der Waals surface area contributed by atoms with Gasteiger partial charge >= 0.3 is 0 Å². The summed E-state index contributed by atoms with van der Waals surface area (Å²) in [7, 11) is 3.54. The number of nitrogens with zero attached hydrogens (tertiary/aromatic N) is 5. The van der Waals surface area contributed by atoms with E-state index in [0.717, 1.165) is 53.2 Å². The van der Waals surface area contributed by atoms with Crippen molar-refractivity contribution in [3.63, 3.8) is 0 Å². The molecule has 8 heteroatoms. The Morgan fingerprint density at radius 1 is 1.03 bits per heavy atom. The minimum Gasteiger partial charge on any atom is -0.497 e. The van der Waals surface area contributed by atoms with Crippen molar-refractivity contribution in [2.24, 2.45) is 7.05 Å². The van der Waals surface area contributed by atoms with E-state index < -0.39 is 0 Å². The number of fused-ring (bicyclic) bond motifs is 1. The Kier molecular flexibility index (Phi) is 5.26. The van der Waals surface area contributed by atoms with Crippen molar-refractivity contribution in [3.8, 4) is 17.0 Å². The van der Waals surface area contributed by atoms with Gasteiger partial charge < -0.3 is 14.5 Å². The summed E-state index contributed by atoms with van der Waals surface area (Å²) in [6.45, 7) is 2.91. The molecule has 3 heterocycles. The molecule has 1 amide bonds. The van der Waals surface area contributed by atoms with Gasteiger partial charge in [-0.15, -0.1) is 0 Å². The van der Waals surface area contributed by atoms with Crippen LogP contribution in [0, 0.1) is 0 Å². The Balaban J connectivity index is 1.30. The maximum Gasteiger partial charge on any atom is 0.275 e. The third kappa shape index (κ3) is 3.68. The number of hydrogen-bond donors (Lipinski definition) is 1. The number of ether oxygens (including phenoxy) is 1. The van der Waals surface area contributed by atoms with Gasteiger partial charge in [0.05, 0.1) is 18.3 Å². The monoisotopic (exact) mass is 430 g/mol. The molecule has 2 aromatic carbocycles. The number of aryl methyl sites for hydroxylation is 1. The molecule has 0 atom stereocenters.